The average Bonchev–Trinajstić information content (AvgIpc) is 3.00. The van der Waals surface area contributed by atoms with Crippen LogP contribution in [0.25, 0.3) is 0 Å². The van der Waals surface area contributed by atoms with E-state index in [9.17, 15) is 5.11 Å². The topological polar surface area (TPSA) is 87.3 Å². The molecule has 0 aromatic carbocycles. The fourth-order valence-electron chi connectivity index (χ4n) is 2.89. The summed E-state index contributed by atoms with van der Waals surface area (Å²) in [6.45, 7) is 6.34. The highest BCUT2D eigenvalue weighted by molar-refractivity contribution is 5.43. The molecule has 130 valence electrons. The van der Waals surface area contributed by atoms with Gasteiger partial charge in [0.1, 0.15) is 5.82 Å². The number of β-amino-alcohol motifs (C(OH)–C–C–N with tert-alkyl or cyclic N) is 1. The SMILES string of the molecule is CC(C)Cc1cc(CNc2nccc(N3CCC[C@@H](O)C3)n2)on1. The maximum absolute atomic E-state index is 9.81. The van der Waals surface area contributed by atoms with Crippen molar-refractivity contribution in [2.75, 3.05) is 23.3 Å². The van der Waals surface area contributed by atoms with E-state index in [0.717, 1.165) is 43.1 Å². The number of anilines is 2. The zero-order valence-corrected chi connectivity index (χ0v) is 14.3. The predicted octanol–water partition coefficient (Wildman–Crippen LogP) is 2.24. The van der Waals surface area contributed by atoms with Crippen molar-refractivity contribution in [3.8, 4) is 0 Å². The maximum atomic E-state index is 9.81. The van der Waals surface area contributed by atoms with Crippen LogP contribution in [0.5, 0.6) is 0 Å². The first-order valence-electron chi connectivity index (χ1n) is 8.54. The quantitative estimate of drug-likeness (QED) is 0.839. The molecule has 0 saturated carbocycles. The molecule has 0 bridgehead atoms. The van der Waals surface area contributed by atoms with E-state index in [-0.39, 0.29) is 6.10 Å². The van der Waals surface area contributed by atoms with Crippen molar-refractivity contribution in [3.63, 3.8) is 0 Å². The van der Waals surface area contributed by atoms with Gasteiger partial charge in [0.2, 0.25) is 5.95 Å². The number of nitrogens with zero attached hydrogens (tertiary/aromatic N) is 4. The highest BCUT2D eigenvalue weighted by atomic mass is 16.5. The van der Waals surface area contributed by atoms with E-state index >= 15 is 0 Å². The van der Waals surface area contributed by atoms with Crippen LogP contribution in [0.4, 0.5) is 11.8 Å². The summed E-state index contributed by atoms with van der Waals surface area (Å²) in [5.41, 5.74) is 0.971. The number of aromatic nitrogens is 3. The summed E-state index contributed by atoms with van der Waals surface area (Å²) in [5, 5.41) is 17.1. The van der Waals surface area contributed by atoms with Crippen molar-refractivity contribution in [1.29, 1.82) is 0 Å². The second kappa shape index (κ2) is 7.61. The third-order valence-electron chi connectivity index (χ3n) is 4.01. The van der Waals surface area contributed by atoms with Crippen molar-refractivity contribution in [1.82, 2.24) is 15.1 Å². The summed E-state index contributed by atoms with van der Waals surface area (Å²) < 4.78 is 5.34. The van der Waals surface area contributed by atoms with Crippen LogP contribution in [0, 0.1) is 5.92 Å². The van der Waals surface area contributed by atoms with E-state index in [4.69, 9.17) is 4.52 Å². The van der Waals surface area contributed by atoms with Crippen LogP contribution in [0.1, 0.15) is 38.1 Å². The molecule has 0 spiro atoms. The van der Waals surface area contributed by atoms with E-state index in [1.54, 1.807) is 6.20 Å². The Morgan fingerprint density at radius 3 is 3.12 bits per heavy atom. The molecule has 2 aromatic rings. The summed E-state index contributed by atoms with van der Waals surface area (Å²) in [7, 11) is 0. The normalized spacial score (nSPS) is 18.2. The largest absolute Gasteiger partial charge is 0.391 e. The van der Waals surface area contributed by atoms with Gasteiger partial charge >= 0.3 is 0 Å². The molecule has 7 heteroatoms. The lowest BCUT2D eigenvalue weighted by Crippen LogP contribution is -2.38. The van der Waals surface area contributed by atoms with Gasteiger partial charge < -0.3 is 19.8 Å². The Bertz CT molecular complexity index is 658. The fraction of sp³-hybridized carbons (Fsp3) is 0.588. The highest BCUT2D eigenvalue weighted by Gasteiger charge is 2.19. The lowest BCUT2D eigenvalue weighted by Gasteiger charge is -2.31. The van der Waals surface area contributed by atoms with Gasteiger partial charge in [0.25, 0.3) is 0 Å². The molecule has 0 radical (unpaired) electrons. The van der Waals surface area contributed by atoms with Crippen molar-refractivity contribution in [3.05, 3.63) is 29.8 Å². The number of hydrogen-bond donors (Lipinski definition) is 2. The first-order valence-corrected chi connectivity index (χ1v) is 8.54. The molecule has 1 fully saturated rings. The van der Waals surface area contributed by atoms with E-state index in [0.29, 0.717) is 25.0 Å². The molecule has 3 rings (SSSR count). The van der Waals surface area contributed by atoms with Crippen LogP contribution in [0.3, 0.4) is 0 Å². The van der Waals surface area contributed by atoms with Crippen LogP contribution in [-0.4, -0.2) is 39.4 Å². The monoisotopic (exact) mass is 331 g/mol. The summed E-state index contributed by atoms with van der Waals surface area (Å²) in [4.78, 5) is 10.9. The van der Waals surface area contributed by atoms with Gasteiger partial charge in [-0.05, 0) is 31.2 Å². The summed E-state index contributed by atoms with van der Waals surface area (Å²) in [6.07, 6.45) is 4.20. The Morgan fingerprint density at radius 1 is 1.46 bits per heavy atom. The molecule has 1 atom stereocenters. The van der Waals surface area contributed by atoms with Crippen LogP contribution in [-0.2, 0) is 13.0 Å². The third-order valence-corrected chi connectivity index (χ3v) is 4.01. The molecule has 2 aromatic heterocycles. The van der Waals surface area contributed by atoms with Crippen molar-refractivity contribution in [2.24, 2.45) is 5.92 Å². The molecule has 24 heavy (non-hydrogen) atoms. The summed E-state index contributed by atoms with van der Waals surface area (Å²) >= 11 is 0. The molecule has 2 N–H and O–H groups in total. The van der Waals surface area contributed by atoms with Crippen LogP contribution >= 0.6 is 0 Å². The average molecular weight is 331 g/mol. The minimum atomic E-state index is -0.279. The lowest BCUT2D eigenvalue weighted by atomic mass is 10.1. The predicted molar refractivity (Wildman–Crippen MR) is 91.9 cm³/mol. The Balaban J connectivity index is 1.59. The first-order chi connectivity index (χ1) is 11.6. The molecule has 7 nitrogen and oxygen atoms in total. The smallest absolute Gasteiger partial charge is 0.224 e. The summed E-state index contributed by atoms with van der Waals surface area (Å²) in [6, 6.07) is 3.84. The second-order valence-electron chi connectivity index (χ2n) is 6.72. The molecular weight excluding hydrogens is 306 g/mol. The van der Waals surface area contributed by atoms with Gasteiger partial charge in [-0.15, -0.1) is 0 Å². The Labute approximate surface area is 142 Å². The standard InChI is InChI=1S/C17H25N5O2/c1-12(2)8-13-9-15(24-21-13)10-19-17-18-6-5-16(20-17)22-7-3-4-14(23)11-22/h5-6,9,12,14,23H,3-4,7-8,10-11H2,1-2H3,(H,18,19,20)/t14-/m1/s1. The number of hydrogen-bond acceptors (Lipinski definition) is 7. The Morgan fingerprint density at radius 2 is 2.33 bits per heavy atom. The highest BCUT2D eigenvalue weighted by Crippen LogP contribution is 2.19. The maximum Gasteiger partial charge on any atom is 0.224 e. The molecule has 1 aliphatic rings. The van der Waals surface area contributed by atoms with Crippen molar-refractivity contribution < 1.29 is 9.63 Å². The Hall–Kier alpha value is -2.15. The first kappa shape index (κ1) is 16.7. The molecule has 3 heterocycles. The fourth-order valence-corrected chi connectivity index (χ4v) is 2.89. The third kappa shape index (κ3) is 4.44. The van der Waals surface area contributed by atoms with Crippen LogP contribution < -0.4 is 10.2 Å². The minimum Gasteiger partial charge on any atom is -0.391 e. The van der Waals surface area contributed by atoms with Crippen LogP contribution in [0.2, 0.25) is 0 Å². The Kier molecular flexibility index (Phi) is 5.30. The molecular formula is C17H25N5O2. The van der Waals surface area contributed by atoms with Gasteiger partial charge in [0.05, 0.1) is 18.3 Å². The lowest BCUT2D eigenvalue weighted by molar-refractivity contribution is 0.154. The number of aliphatic hydroxyl groups is 1. The zero-order valence-electron chi connectivity index (χ0n) is 14.3. The van der Waals surface area contributed by atoms with E-state index in [2.05, 4.69) is 39.2 Å². The van der Waals surface area contributed by atoms with Gasteiger partial charge in [-0.3, -0.25) is 0 Å². The molecule has 0 amide bonds. The number of aliphatic hydroxyl groups excluding tert-OH is 1. The van der Waals surface area contributed by atoms with Crippen LogP contribution in [0.15, 0.2) is 22.9 Å². The van der Waals surface area contributed by atoms with Gasteiger partial charge in [-0.25, -0.2) is 4.98 Å². The molecule has 1 saturated heterocycles. The second-order valence-corrected chi connectivity index (χ2v) is 6.72. The molecule has 1 aliphatic heterocycles. The van der Waals surface area contributed by atoms with Crippen molar-refractivity contribution in [2.45, 2.75) is 45.8 Å². The zero-order chi connectivity index (χ0) is 16.9. The van der Waals surface area contributed by atoms with E-state index in [1.165, 1.54) is 0 Å². The van der Waals surface area contributed by atoms with E-state index in [1.807, 2.05) is 12.1 Å². The van der Waals surface area contributed by atoms with Gasteiger partial charge in [0.15, 0.2) is 5.76 Å². The number of rotatable bonds is 6. The van der Waals surface area contributed by atoms with Gasteiger partial charge in [-0.1, -0.05) is 19.0 Å². The van der Waals surface area contributed by atoms with Gasteiger partial charge in [-0.2, -0.15) is 4.98 Å². The number of piperidine rings is 1. The summed E-state index contributed by atoms with van der Waals surface area (Å²) in [5.74, 6) is 2.71. The van der Waals surface area contributed by atoms with Crippen molar-refractivity contribution >= 4 is 11.8 Å². The van der Waals surface area contributed by atoms with E-state index < -0.39 is 0 Å². The molecule has 0 unspecified atom stereocenters. The molecule has 0 aliphatic carbocycles. The number of nitrogens with one attached hydrogen (secondary N) is 1. The van der Waals surface area contributed by atoms with Gasteiger partial charge in [0, 0.05) is 25.4 Å². The minimum absolute atomic E-state index is 0.279.